The summed E-state index contributed by atoms with van der Waals surface area (Å²) in [6.07, 6.45) is 7.93. The fourth-order valence-corrected chi connectivity index (χ4v) is 4.09. The molecule has 2 aromatic heterocycles. The van der Waals surface area contributed by atoms with Crippen molar-refractivity contribution >= 4 is 23.3 Å². The van der Waals surface area contributed by atoms with Crippen molar-refractivity contribution in [3.8, 4) is 0 Å². The summed E-state index contributed by atoms with van der Waals surface area (Å²) < 4.78 is 7.64. The number of aromatic nitrogens is 3. The molecule has 1 unspecified atom stereocenters. The van der Waals surface area contributed by atoms with E-state index in [9.17, 15) is 9.59 Å². The number of ketones is 1. The zero-order valence-electron chi connectivity index (χ0n) is 15.9. The molecule has 0 N–H and O–H groups in total. The fraction of sp³-hybridized carbons (Fsp3) is 0.500. The minimum absolute atomic E-state index is 0.0550. The van der Waals surface area contributed by atoms with Crippen LogP contribution in [-0.2, 0) is 14.3 Å². The third-order valence-electron chi connectivity index (χ3n) is 5.59. The van der Waals surface area contributed by atoms with E-state index in [1.807, 2.05) is 6.20 Å². The Labute approximate surface area is 158 Å². The second kappa shape index (κ2) is 6.79. The lowest BCUT2D eigenvalue weighted by molar-refractivity contribution is -0.122. The van der Waals surface area contributed by atoms with Gasteiger partial charge in [0, 0.05) is 30.9 Å². The molecule has 0 spiro atoms. The number of Topliss-reactive ketones (excluding diaryl/α,β-unsaturated/α-hetero) is 1. The third kappa shape index (κ3) is 2.91. The zero-order chi connectivity index (χ0) is 19.1. The number of amides is 1. The molecule has 2 aromatic rings. The van der Waals surface area contributed by atoms with Gasteiger partial charge in [-0.25, -0.2) is 9.97 Å². The maximum absolute atomic E-state index is 12.8. The summed E-state index contributed by atoms with van der Waals surface area (Å²) in [4.78, 5) is 36.2. The van der Waals surface area contributed by atoms with Crippen molar-refractivity contribution in [2.75, 3.05) is 4.90 Å². The maximum atomic E-state index is 12.8. The molecule has 1 aliphatic carbocycles. The van der Waals surface area contributed by atoms with Crippen molar-refractivity contribution in [1.82, 2.24) is 14.4 Å². The molecule has 1 saturated carbocycles. The second-order valence-electron chi connectivity index (χ2n) is 7.33. The summed E-state index contributed by atoms with van der Waals surface area (Å²) in [5.41, 5.74) is 1.07. The summed E-state index contributed by atoms with van der Waals surface area (Å²) in [5.74, 6) is 1.51. The molecule has 1 fully saturated rings. The van der Waals surface area contributed by atoms with Gasteiger partial charge in [-0.1, -0.05) is 19.3 Å². The average Bonchev–Trinajstić information content (AvgIpc) is 3.16. The molecule has 1 aliphatic heterocycles. The van der Waals surface area contributed by atoms with Gasteiger partial charge in [0.2, 0.25) is 23.6 Å². The predicted octanol–water partition coefficient (Wildman–Crippen LogP) is 3.35. The van der Waals surface area contributed by atoms with Crippen LogP contribution in [0.1, 0.15) is 64.7 Å². The van der Waals surface area contributed by atoms with Crippen molar-refractivity contribution in [3.63, 3.8) is 0 Å². The van der Waals surface area contributed by atoms with E-state index in [-0.39, 0.29) is 17.7 Å². The number of hydrogen-bond donors (Lipinski definition) is 0. The SMILES string of the molecule is CC(=O)N(c1c(C2OC(C)=C(C)C2=O)nc2ncccn12)C1CCCCC1. The summed E-state index contributed by atoms with van der Waals surface area (Å²) in [5, 5.41) is 0. The molecule has 7 nitrogen and oxygen atoms in total. The van der Waals surface area contributed by atoms with Crippen LogP contribution in [0.3, 0.4) is 0 Å². The molecule has 0 radical (unpaired) electrons. The Morgan fingerprint density at radius 3 is 2.63 bits per heavy atom. The normalized spacial score (nSPS) is 21.0. The molecule has 0 aromatic carbocycles. The zero-order valence-corrected chi connectivity index (χ0v) is 15.9. The molecule has 3 heterocycles. The highest BCUT2D eigenvalue weighted by atomic mass is 16.5. The van der Waals surface area contributed by atoms with Crippen molar-refractivity contribution in [2.45, 2.75) is 65.0 Å². The number of rotatable bonds is 3. The van der Waals surface area contributed by atoms with Gasteiger partial charge >= 0.3 is 0 Å². The highest BCUT2D eigenvalue weighted by Gasteiger charge is 2.39. The first-order valence-electron chi connectivity index (χ1n) is 9.50. The molecule has 0 saturated heterocycles. The minimum Gasteiger partial charge on any atom is -0.480 e. The second-order valence-corrected chi connectivity index (χ2v) is 7.33. The van der Waals surface area contributed by atoms with Crippen LogP contribution < -0.4 is 4.90 Å². The Morgan fingerprint density at radius 2 is 2.00 bits per heavy atom. The van der Waals surface area contributed by atoms with Gasteiger partial charge in [-0.05, 0) is 32.8 Å². The van der Waals surface area contributed by atoms with Gasteiger partial charge in [-0.3, -0.25) is 18.9 Å². The molecule has 2 aliphatic rings. The average molecular weight is 368 g/mol. The van der Waals surface area contributed by atoms with Gasteiger partial charge in [0.15, 0.2) is 0 Å². The van der Waals surface area contributed by atoms with Crippen LogP contribution in [0.4, 0.5) is 5.82 Å². The molecule has 27 heavy (non-hydrogen) atoms. The molecule has 4 rings (SSSR count). The standard InChI is InChI=1S/C20H24N4O3/c1-12-13(2)27-18(17(12)26)16-19(23-11-7-10-21-20(23)22-16)24(14(3)25)15-8-5-4-6-9-15/h7,10-11,15,18H,4-6,8-9H2,1-3H3. The summed E-state index contributed by atoms with van der Waals surface area (Å²) in [6, 6.07) is 1.90. The number of fused-ring (bicyclic) bond motifs is 1. The lowest BCUT2D eigenvalue weighted by atomic mass is 9.93. The first-order valence-corrected chi connectivity index (χ1v) is 9.50. The fourth-order valence-electron chi connectivity index (χ4n) is 4.09. The number of anilines is 1. The van der Waals surface area contributed by atoms with E-state index in [4.69, 9.17) is 4.74 Å². The molecule has 1 amide bonds. The van der Waals surface area contributed by atoms with Crippen molar-refractivity contribution in [2.24, 2.45) is 0 Å². The molecule has 7 heteroatoms. The monoisotopic (exact) mass is 368 g/mol. The summed E-state index contributed by atoms with van der Waals surface area (Å²) in [7, 11) is 0. The first kappa shape index (κ1) is 17.7. The van der Waals surface area contributed by atoms with E-state index in [0.29, 0.717) is 28.6 Å². The van der Waals surface area contributed by atoms with Crippen LogP contribution in [0, 0.1) is 0 Å². The largest absolute Gasteiger partial charge is 0.480 e. The Morgan fingerprint density at radius 1 is 1.26 bits per heavy atom. The summed E-state index contributed by atoms with van der Waals surface area (Å²) >= 11 is 0. The van der Waals surface area contributed by atoms with Crippen LogP contribution in [0.25, 0.3) is 5.78 Å². The Kier molecular flexibility index (Phi) is 4.45. The number of carbonyl (C=O) groups excluding carboxylic acids is 2. The number of ether oxygens (including phenoxy) is 1. The lowest BCUT2D eigenvalue weighted by Gasteiger charge is -2.34. The van der Waals surface area contributed by atoms with Gasteiger partial charge in [0.05, 0.1) is 0 Å². The van der Waals surface area contributed by atoms with Crippen LogP contribution in [-0.4, -0.2) is 32.1 Å². The molecule has 142 valence electrons. The Balaban J connectivity index is 1.87. The van der Waals surface area contributed by atoms with E-state index in [1.54, 1.807) is 42.3 Å². The van der Waals surface area contributed by atoms with Crippen LogP contribution in [0.2, 0.25) is 0 Å². The number of hydrogen-bond acceptors (Lipinski definition) is 5. The first-order chi connectivity index (χ1) is 13.0. The van der Waals surface area contributed by atoms with Crippen LogP contribution >= 0.6 is 0 Å². The quantitative estimate of drug-likeness (QED) is 0.830. The van der Waals surface area contributed by atoms with Crippen molar-refractivity contribution < 1.29 is 14.3 Å². The number of carbonyl (C=O) groups is 2. The van der Waals surface area contributed by atoms with Crippen LogP contribution in [0.15, 0.2) is 29.8 Å². The molecular weight excluding hydrogens is 344 g/mol. The molecule has 1 atom stereocenters. The van der Waals surface area contributed by atoms with Gasteiger partial charge in [-0.2, -0.15) is 0 Å². The Bertz CT molecular complexity index is 940. The molecular formula is C20H24N4O3. The topological polar surface area (TPSA) is 76.8 Å². The van der Waals surface area contributed by atoms with Crippen molar-refractivity contribution in [1.29, 1.82) is 0 Å². The van der Waals surface area contributed by atoms with Crippen molar-refractivity contribution in [3.05, 3.63) is 35.5 Å². The smallest absolute Gasteiger partial charge is 0.235 e. The third-order valence-corrected chi connectivity index (χ3v) is 5.59. The van der Waals surface area contributed by atoms with E-state index in [1.165, 1.54) is 6.42 Å². The Hall–Kier alpha value is -2.70. The lowest BCUT2D eigenvalue weighted by Crippen LogP contribution is -2.42. The summed E-state index contributed by atoms with van der Waals surface area (Å²) in [6.45, 7) is 5.11. The highest BCUT2D eigenvalue weighted by molar-refractivity contribution is 6.02. The minimum atomic E-state index is -0.827. The highest BCUT2D eigenvalue weighted by Crippen LogP contribution is 2.39. The van der Waals surface area contributed by atoms with Crippen LogP contribution in [0.5, 0.6) is 0 Å². The van der Waals surface area contributed by atoms with E-state index >= 15 is 0 Å². The van der Waals surface area contributed by atoms with Gasteiger partial charge in [0.1, 0.15) is 17.3 Å². The van der Waals surface area contributed by atoms with Gasteiger partial charge in [-0.15, -0.1) is 0 Å². The number of imidazole rings is 1. The predicted molar refractivity (Wildman–Crippen MR) is 100 cm³/mol. The number of allylic oxidation sites excluding steroid dienone is 1. The van der Waals surface area contributed by atoms with E-state index < -0.39 is 6.10 Å². The van der Waals surface area contributed by atoms with E-state index in [0.717, 1.165) is 25.7 Å². The van der Waals surface area contributed by atoms with Gasteiger partial charge < -0.3 is 4.74 Å². The van der Waals surface area contributed by atoms with E-state index in [2.05, 4.69) is 9.97 Å². The van der Waals surface area contributed by atoms with Gasteiger partial charge in [0.25, 0.3) is 0 Å². The molecule has 0 bridgehead atoms. The number of nitrogens with zero attached hydrogens (tertiary/aromatic N) is 4. The maximum Gasteiger partial charge on any atom is 0.235 e.